The summed E-state index contributed by atoms with van der Waals surface area (Å²) in [5, 5.41) is 5.04. The van der Waals surface area contributed by atoms with E-state index in [1.54, 1.807) is 12.7 Å². The van der Waals surface area contributed by atoms with Gasteiger partial charge in [0.05, 0.1) is 11.0 Å². The fraction of sp³-hybridized carbons (Fsp3) is 0.107. The molecule has 152 valence electrons. The Hall–Kier alpha value is -4.05. The van der Waals surface area contributed by atoms with Crippen LogP contribution in [0.3, 0.4) is 0 Å². The van der Waals surface area contributed by atoms with Crippen LogP contribution in [-0.4, -0.2) is 19.5 Å². The minimum absolute atomic E-state index is 0.176. The molecule has 0 saturated carbocycles. The molecule has 2 heterocycles. The smallest absolute Gasteiger partial charge is 0.237 e. The van der Waals surface area contributed by atoms with Gasteiger partial charge in [-0.3, -0.25) is 4.57 Å². The Kier molecular flexibility index (Phi) is 3.31. The first-order chi connectivity index (χ1) is 15.7. The zero-order chi connectivity index (χ0) is 21.4. The Morgan fingerprint density at radius 3 is 2.19 bits per heavy atom. The van der Waals surface area contributed by atoms with Crippen LogP contribution >= 0.6 is 0 Å². The summed E-state index contributed by atoms with van der Waals surface area (Å²) in [7, 11) is 0. The molecule has 0 aliphatic heterocycles. The third-order valence-electron chi connectivity index (χ3n) is 6.99. The van der Waals surface area contributed by atoms with Crippen molar-refractivity contribution in [3.05, 3.63) is 96.6 Å². The first-order valence-electron chi connectivity index (χ1n) is 10.9. The average molecular weight is 412 g/mol. The SMILES string of the molecule is CC1(C)c2c(ccc3ccccc23)-c2ccc3c4ccccc4n(-c4ncncn4)c3c21. The topological polar surface area (TPSA) is 43.6 Å². The number of rotatable bonds is 1. The molecule has 4 aromatic carbocycles. The molecular weight excluding hydrogens is 392 g/mol. The van der Waals surface area contributed by atoms with Gasteiger partial charge in [0.15, 0.2) is 0 Å². The quantitative estimate of drug-likeness (QED) is 0.313. The molecule has 6 aromatic rings. The number of fused-ring (bicyclic) bond motifs is 9. The molecule has 0 N–H and O–H groups in total. The van der Waals surface area contributed by atoms with Gasteiger partial charge in [0, 0.05) is 16.2 Å². The Morgan fingerprint density at radius 1 is 0.656 bits per heavy atom. The van der Waals surface area contributed by atoms with E-state index in [1.165, 1.54) is 49.3 Å². The van der Waals surface area contributed by atoms with Crippen molar-refractivity contribution in [3.63, 3.8) is 0 Å². The van der Waals surface area contributed by atoms with Gasteiger partial charge < -0.3 is 0 Å². The summed E-state index contributed by atoms with van der Waals surface area (Å²) in [6.07, 6.45) is 3.14. The molecule has 32 heavy (non-hydrogen) atoms. The second kappa shape index (κ2) is 6.01. The summed E-state index contributed by atoms with van der Waals surface area (Å²) in [6, 6.07) is 26.3. The molecule has 0 atom stereocenters. The lowest BCUT2D eigenvalue weighted by Crippen LogP contribution is -2.17. The summed E-state index contributed by atoms with van der Waals surface area (Å²) in [6.45, 7) is 4.69. The van der Waals surface area contributed by atoms with Gasteiger partial charge in [0.25, 0.3) is 0 Å². The van der Waals surface area contributed by atoms with Crippen LogP contribution in [0, 0.1) is 0 Å². The van der Waals surface area contributed by atoms with E-state index in [9.17, 15) is 0 Å². The zero-order valence-corrected chi connectivity index (χ0v) is 17.9. The van der Waals surface area contributed by atoms with Gasteiger partial charge in [0.1, 0.15) is 12.7 Å². The van der Waals surface area contributed by atoms with Gasteiger partial charge in [-0.15, -0.1) is 0 Å². The fourth-order valence-electron chi connectivity index (χ4n) is 5.77. The van der Waals surface area contributed by atoms with Crippen molar-refractivity contribution in [2.75, 3.05) is 0 Å². The van der Waals surface area contributed by atoms with Crippen LogP contribution in [0.15, 0.2) is 85.5 Å². The lowest BCUT2D eigenvalue weighted by Gasteiger charge is -2.24. The van der Waals surface area contributed by atoms with E-state index in [0.717, 1.165) is 5.52 Å². The van der Waals surface area contributed by atoms with E-state index in [2.05, 4.69) is 106 Å². The summed E-state index contributed by atoms with van der Waals surface area (Å²) in [5.74, 6) is 0.649. The minimum atomic E-state index is -0.176. The summed E-state index contributed by atoms with van der Waals surface area (Å²) >= 11 is 0. The minimum Gasteiger partial charge on any atom is -0.277 e. The van der Waals surface area contributed by atoms with Crippen molar-refractivity contribution >= 4 is 32.6 Å². The van der Waals surface area contributed by atoms with Crippen molar-refractivity contribution in [3.8, 4) is 17.1 Å². The monoisotopic (exact) mass is 412 g/mol. The Balaban J connectivity index is 1.70. The lowest BCUT2D eigenvalue weighted by molar-refractivity contribution is 0.669. The van der Waals surface area contributed by atoms with Gasteiger partial charge in [-0.1, -0.05) is 80.6 Å². The van der Waals surface area contributed by atoms with Crippen LogP contribution < -0.4 is 0 Å². The number of benzene rings is 4. The van der Waals surface area contributed by atoms with Gasteiger partial charge in [-0.25, -0.2) is 15.0 Å². The van der Waals surface area contributed by atoms with Gasteiger partial charge >= 0.3 is 0 Å². The van der Waals surface area contributed by atoms with E-state index in [1.807, 2.05) is 0 Å². The van der Waals surface area contributed by atoms with Crippen LogP contribution in [0.4, 0.5) is 0 Å². The summed E-state index contributed by atoms with van der Waals surface area (Å²) in [4.78, 5) is 13.1. The van der Waals surface area contributed by atoms with Crippen LogP contribution in [-0.2, 0) is 5.41 Å². The number of hydrogen-bond donors (Lipinski definition) is 0. The van der Waals surface area contributed by atoms with E-state index in [4.69, 9.17) is 0 Å². The predicted octanol–water partition coefficient (Wildman–Crippen LogP) is 6.43. The van der Waals surface area contributed by atoms with Crippen LogP contribution in [0.5, 0.6) is 0 Å². The standard InChI is InChI=1S/C28H20N4/c1-28(2)24-18-8-4-3-7-17(18)11-12-20(24)21-13-14-22-19-9-5-6-10-23(19)32(26(22)25(21)28)27-30-15-29-16-31-27/h3-16H,1-2H3. The first kappa shape index (κ1) is 17.6. The highest BCUT2D eigenvalue weighted by Gasteiger charge is 2.39. The largest absolute Gasteiger partial charge is 0.277 e. The van der Waals surface area contributed by atoms with Crippen molar-refractivity contribution in [2.24, 2.45) is 0 Å². The molecule has 0 amide bonds. The molecule has 0 unspecified atom stereocenters. The van der Waals surface area contributed by atoms with Crippen LogP contribution in [0.2, 0.25) is 0 Å². The highest BCUT2D eigenvalue weighted by atomic mass is 15.2. The van der Waals surface area contributed by atoms with Crippen molar-refractivity contribution < 1.29 is 0 Å². The molecule has 4 nitrogen and oxygen atoms in total. The molecule has 2 aromatic heterocycles. The lowest BCUT2D eigenvalue weighted by atomic mass is 9.79. The van der Waals surface area contributed by atoms with Crippen molar-refractivity contribution in [2.45, 2.75) is 19.3 Å². The van der Waals surface area contributed by atoms with Gasteiger partial charge in [-0.2, -0.15) is 0 Å². The molecular formula is C28H20N4. The maximum atomic E-state index is 4.53. The summed E-state index contributed by atoms with van der Waals surface area (Å²) < 4.78 is 2.21. The predicted molar refractivity (Wildman–Crippen MR) is 129 cm³/mol. The number of nitrogens with zero attached hydrogens (tertiary/aromatic N) is 4. The average Bonchev–Trinajstić information content (AvgIpc) is 3.29. The molecule has 4 heteroatoms. The summed E-state index contributed by atoms with van der Waals surface area (Å²) in [5.41, 5.74) is 7.45. The van der Waals surface area contributed by atoms with E-state index in [0.29, 0.717) is 5.95 Å². The second-order valence-electron chi connectivity index (χ2n) is 9.01. The number of aromatic nitrogens is 4. The molecule has 1 aliphatic carbocycles. The third kappa shape index (κ3) is 2.09. The second-order valence-corrected chi connectivity index (χ2v) is 9.01. The normalized spacial score (nSPS) is 14.2. The molecule has 0 spiro atoms. The van der Waals surface area contributed by atoms with Gasteiger partial charge in [0.2, 0.25) is 5.95 Å². The van der Waals surface area contributed by atoms with Crippen molar-refractivity contribution in [1.82, 2.24) is 19.5 Å². The molecule has 0 bridgehead atoms. The van der Waals surface area contributed by atoms with E-state index in [-0.39, 0.29) is 5.41 Å². The van der Waals surface area contributed by atoms with E-state index < -0.39 is 0 Å². The Labute approximate surface area is 185 Å². The van der Waals surface area contributed by atoms with Gasteiger partial charge in [-0.05, 0) is 39.1 Å². The molecule has 1 aliphatic rings. The molecule has 0 radical (unpaired) electrons. The molecule has 0 saturated heterocycles. The number of hydrogen-bond acceptors (Lipinski definition) is 3. The Bertz CT molecular complexity index is 1690. The maximum Gasteiger partial charge on any atom is 0.237 e. The Morgan fingerprint density at radius 2 is 1.34 bits per heavy atom. The molecule has 7 rings (SSSR count). The molecule has 0 fully saturated rings. The van der Waals surface area contributed by atoms with Crippen LogP contribution in [0.1, 0.15) is 25.0 Å². The highest BCUT2D eigenvalue weighted by molar-refractivity contribution is 6.13. The third-order valence-corrected chi connectivity index (χ3v) is 6.99. The maximum absolute atomic E-state index is 4.53. The van der Waals surface area contributed by atoms with Crippen LogP contribution in [0.25, 0.3) is 49.7 Å². The first-order valence-corrected chi connectivity index (χ1v) is 10.9. The zero-order valence-electron chi connectivity index (χ0n) is 17.9. The number of para-hydroxylation sites is 1. The highest BCUT2D eigenvalue weighted by Crippen LogP contribution is 2.54. The van der Waals surface area contributed by atoms with Crippen molar-refractivity contribution in [1.29, 1.82) is 0 Å². The van der Waals surface area contributed by atoms with E-state index >= 15 is 0 Å². The fourth-order valence-corrected chi connectivity index (χ4v) is 5.77.